The van der Waals surface area contributed by atoms with Gasteiger partial charge in [0.2, 0.25) is 0 Å². The lowest BCUT2D eigenvalue weighted by atomic mass is 9.76. The Morgan fingerprint density at radius 1 is 1.25 bits per heavy atom. The van der Waals surface area contributed by atoms with Crippen molar-refractivity contribution in [3.63, 3.8) is 0 Å². The molecule has 1 heterocycles. The number of thiophene rings is 1. The van der Waals surface area contributed by atoms with Gasteiger partial charge in [-0.2, -0.15) is 0 Å². The molecule has 0 unspecified atom stereocenters. The normalized spacial score (nSPS) is 17.0. The summed E-state index contributed by atoms with van der Waals surface area (Å²) in [7, 11) is 0. The van der Waals surface area contributed by atoms with Crippen molar-refractivity contribution in [3.05, 3.63) is 45.8 Å². The molecule has 0 bridgehead atoms. The van der Waals surface area contributed by atoms with Crippen LogP contribution in [-0.2, 0) is 19.4 Å². The Labute approximate surface area is 125 Å². The minimum atomic E-state index is 0.115. The molecule has 0 amide bonds. The first-order chi connectivity index (χ1) is 9.52. The summed E-state index contributed by atoms with van der Waals surface area (Å²) in [6.07, 6.45) is 3.67. The maximum atomic E-state index is 9.56. The smallest absolute Gasteiger partial charge is 0.0688 e. The Balaban J connectivity index is 2.11. The number of aliphatic hydroxyl groups is 1. The molecule has 106 valence electrons. The number of aliphatic hydroxyl groups excluding tert-OH is 1. The van der Waals surface area contributed by atoms with Crippen LogP contribution in [0.5, 0.6) is 0 Å². The lowest BCUT2D eigenvalue weighted by Crippen LogP contribution is -2.21. The summed E-state index contributed by atoms with van der Waals surface area (Å²) in [6, 6.07) is 8.23. The first kappa shape index (κ1) is 13.8. The van der Waals surface area contributed by atoms with Crippen LogP contribution in [0.1, 0.15) is 41.8 Å². The molecule has 1 aliphatic rings. The van der Waals surface area contributed by atoms with Crippen molar-refractivity contribution in [3.8, 4) is 10.4 Å². The van der Waals surface area contributed by atoms with Gasteiger partial charge in [-0.1, -0.05) is 38.1 Å². The third-order valence-corrected chi connectivity index (χ3v) is 5.90. The second-order valence-corrected chi connectivity index (χ2v) is 7.72. The molecule has 2 aromatic rings. The highest BCUT2D eigenvalue weighted by molar-refractivity contribution is 7.16. The van der Waals surface area contributed by atoms with Crippen molar-refractivity contribution in [1.82, 2.24) is 0 Å². The number of aryl methyl sites for hydroxylation is 1. The zero-order chi connectivity index (χ0) is 14.3. The molecule has 1 N–H and O–H groups in total. The van der Waals surface area contributed by atoms with Crippen LogP contribution in [0.25, 0.3) is 10.4 Å². The minimum absolute atomic E-state index is 0.115. The summed E-state index contributed by atoms with van der Waals surface area (Å²) in [6.45, 7) is 7.10. The standard InChI is InChI=1S/C18H22OS/c1-12-15-10-18(2,3)9-8-16(15)20-17(12)14-7-5-4-6-13(14)11-19/h4-7,19H,8-11H2,1-3H3. The highest BCUT2D eigenvalue weighted by Crippen LogP contribution is 2.45. The van der Waals surface area contributed by atoms with Crippen LogP contribution >= 0.6 is 11.3 Å². The van der Waals surface area contributed by atoms with Crippen molar-refractivity contribution >= 4 is 11.3 Å². The molecule has 0 saturated heterocycles. The lowest BCUT2D eigenvalue weighted by molar-refractivity contribution is 0.282. The Hall–Kier alpha value is -1.12. The maximum Gasteiger partial charge on any atom is 0.0688 e. The van der Waals surface area contributed by atoms with Crippen LogP contribution in [0.15, 0.2) is 24.3 Å². The summed E-state index contributed by atoms with van der Waals surface area (Å²) in [5.41, 5.74) is 5.66. The highest BCUT2D eigenvalue weighted by atomic mass is 32.1. The van der Waals surface area contributed by atoms with Crippen LogP contribution in [-0.4, -0.2) is 5.11 Å². The Bertz CT molecular complexity index is 637. The molecule has 1 aromatic heterocycles. The van der Waals surface area contributed by atoms with E-state index in [2.05, 4.69) is 32.9 Å². The van der Waals surface area contributed by atoms with Crippen molar-refractivity contribution in [1.29, 1.82) is 0 Å². The predicted octanol–water partition coefficient (Wildman–Crippen LogP) is 4.73. The summed E-state index contributed by atoms with van der Waals surface area (Å²) >= 11 is 1.93. The fraction of sp³-hybridized carbons (Fsp3) is 0.444. The fourth-order valence-electron chi connectivity index (χ4n) is 3.20. The predicted molar refractivity (Wildman–Crippen MR) is 86.2 cm³/mol. The molecular weight excluding hydrogens is 264 g/mol. The molecule has 3 rings (SSSR count). The average Bonchev–Trinajstić information content (AvgIpc) is 2.75. The highest BCUT2D eigenvalue weighted by Gasteiger charge is 2.29. The molecule has 1 aliphatic carbocycles. The summed E-state index contributed by atoms with van der Waals surface area (Å²) < 4.78 is 0. The van der Waals surface area contributed by atoms with Crippen molar-refractivity contribution in [2.45, 2.75) is 46.6 Å². The topological polar surface area (TPSA) is 20.2 Å². The molecule has 1 aromatic carbocycles. The molecule has 2 heteroatoms. The lowest BCUT2D eigenvalue weighted by Gasteiger charge is -2.29. The van der Waals surface area contributed by atoms with Gasteiger partial charge >= 0.3 is 0 Å². The maximum absolute atomic E-state index is 9.56. The summed E-state index contributed by atoms with van der Waals surface area (Å²) in [5.74, 6) is 0. The number of fused-ring (bicyclic) bond motifs is 1. The molecule has 1 nitrogen and oxygen atoms in total. The van der Waals surface area contributed by atoms with Crippen LogP contribution in [0, 0.1) is 12.3 Å². The van der Waals surface area contributed by atoms with Gasteiger partial charge in [0.1, 0.15) is 0 Å². The van der Waals surface area contributed by atoms with E-state index >= 15 is 0 Å². The van der Waals surface area contributed by atoms with Crippen LogP contribution in [0.3, 0.4) is 0 Å². The molecular formula is C18H22OS. The van der Waals surface area contributed by atoms with Crippen molar-refractivity contribution in [2.24, 2.45) is 5.41 Å². The molecule has 0 saturated carbocycles. The molecule has 0 spiro atoms. The van der Waals surface area contributed by atoms with Gasteiger partial charge in [-0.05, 0) is 53.9 Å². The van der Waals surface area contributed by atoms with Crippen molar-refractivity contribution < 1.29 is 5.11 Å². The number of hydrogen-bond acceptors (Lipinski definition) is 2. The molecule has 0 fully saturated rings. The minimum Gasteiger partial charge on any atom is -0.392 e. The third-order valence-electron chi connectivity index (χ3n) is 4.47. The third kappa shape index (κ3) is 2.32. The first-order valence-electron chi connectivity index (χ1n) is 7.32. The van der Waals surface area contributed by atoms with Crippen molar-refractivity contribution in [2.75, 3.05) is 0 Å². The first-order valence-corrected chi connectivity index (χ1v) is 8.14. The van der Waals surface area contributed by atoms with E-state index in [1.807, 2.05) is 23.5 Å². The van der Waals surface area contributed by atoms with E-state index in [1.165, 1.54) is 35.3 Å². The average molecular weight is 286 g/mol. The van der Waals surface area contributed by atoms with Crippen LogP contribution < -0.4 is 0 Å². The van der Waals surface area contributed by atoms with E-state index in [9.17, 15) is 5.11 Å². The van der Waals surface area contributed by atoms with E-state index < -0.39 is 0 Å². The van der Waals surface area contributed by atoms with Gasteiger partial charge in [0.05, 0.1) is 6.61 Å². The Morgan fingerprint density at radius 2 is 2.00 bits per heavy atom. The van der Waals surface area contributed by atoms with Gasteiger partial charge in [0, 0.05) is 9.75 Å². The summed E-state index contributed by atoms with van der Waals surface area (Å²) in [4.78, 5) is 2.92. The van der Waals surface area contributed by atoms with Gasteiger partial charge in [0.25, 0.3) is 0 Å². The van der Waals surface area contributed by atoms with E-state index in [4.69, 9.17) is 0 Å². The molecule has 0 radical (unpaired) electrons. The zero-order valence-corrected chi connectivity index (χ0v) is 13.3. The largest absolute Gasteiger partial charge is 0.392 e. The van der Waals surface area contributed by atoms with Gasteiger partial charge in [-0.15, -0.1) is 11.3 Å². The van der Waals surface area contributed by atoms with Crippen LogP contribution in [0.4, 0.5) is 0 Å². The molecule has 0 aliphatic heterocycles. The van der Waals surface area contributed by atoms with Gasteiger partial charge in [0.15, 0.2) is 0 Å². The number of hydrogen-bond donors (Lipinski definition) is 1. The molecule has 20 heavy (non-hydrogen) atoms. The fourth-order valence-corrected chi connectivity index (χ4v) is 4.58. The van der Waals surface area contributed by atoms with E-state index in [-0.39, 0.29) is 6.61 Å². The van der Waals surface area contributed by atoms with Gasteiger partial charge in [-0.25, -0.2) is 0 Å². The Morgan fingerprint density at radius 3 is 2.75 bits per heavy atom. The second kappa shape index (κ2) is 5.01. The van der Waals surface area contributed by atoms with E-state index in [0.29, 0.717) is 5.41 Å². The Kier molecular flexibility index (Phi) is 3.47. The molecule has 0 atom stereocenters. The second-order valence-electron chi connectivity index (χ2n) is 6.61. The zero-order valence-electron chi connectivity index (χ0n) is 12.5. The number of benzene rings is 1. The van der Waals surface area contributed by atoms with E-state index in [0.717, 1.165) is 5.56 Å². The SMILES string of the molecule is Cc1c(-c2ccccc2CO)sc2c1CC(C)(C)CC2. The monoisotopic (exact) mass is 286 g/mol. The van der Waals surface area contributed by atoms with Gasteiger partial charge < -0.3 is 5.11 Å². The quantitative estimate of drug-likeness (QED) is 0.846. The van der Waals surface area contributed by atoms with Gasteiger partial charge in [-0.3, -0.25) is 0 Å². The number of rotatable bonds is 2. The summed E-state index contributed by atoms with van der Waals surface area (Å²) in [5, 5.41) is 9.56. The van der Waals surface area contributed by atoms with Crippen LogP contribution in [0.2, 0.25) is 0 Å². The van der Waals surface area contributed by atoms with E-state index in [1.54, 1.807) is 10.4 Å².